The van der Waals surface area contributed by atoms with Crippen molar-refractivity contribution in [2.45, 2.75) is 116 Å². The Kier molecular flexibility index (Phi) is 19.4. The molecular formula is C22H42O2. The molecule has 0 atom stereocenters. The summed E-state index contributed by atoms with van der Waals surface area (Å²) in [5, 5.41) is 0. The van der Waals surface area contributed by atoms with Crippen molar-refractivity contribution >= 4 is 0 Å². The highest BCUT2D eigenvalue weighted by Crippen LogP contribution is 2.14. The van der Waals surface area contributed by atoms with Crippen LogP contribution in [0.25, 0.3) is 0 Å². The maximum absolute atomic E-state index is 5.27. The lowest BCUT2D eigenvalue weighted by Crippen LogP contribution is -2.11. The minimum Gasteiger partial charge on any atom is -0.463 e. The van der Waals surface area contributed by atoms with Gasteiger partial charge in [0.2, 0.25) is 6.29 Å². The van der Waals surface area contributed by atoms with Crippen molar-refractivity contribution in [3.8, 4) is 0 Å². The largest absolute Gasteiger partial charge is 0.463 e. The Labute approximate surface area is 151 Å². The van der Waals surface area contributed by atoms with Crippen molar-refractivity contribution in [2.24, 2.45) is 0 Å². The van der Waals surface area contributed by atoms with Gasteiger partial charge in [0.15, 0.2) is 0 Å². The summed E-state index contributed by atoms with van der Waals surface area (Å²) in [5.41, 5.74) is 0. The molecule has 0 saturated carbocycles. The fourth-order valence-corrected chi connectivity index (χ4v) is 3.07. The van der Waals surface area contributed by atoms with Gasteiger partial charge in [-0.3, -0.25) is 0 Å². The summed E-state index contributed by atoms with van der Waals surface area (Å²) in [7, 11) is 0. The Bertz CT molecular complexity index is 253. The van der Waals surface area contributed by atoms with Gasteiger partial charge in [-0.05, 0) is 6.42 Å². The van der Waals surface area contributed by atoms with Crippen molar-refractivity contribution in [2.75, 3.05) is 0 Å². The van der Waals surface area contributed by atoms with Crippen LogP contribution in [0.5, 0.6) is 0 Å². The fraction of sp³-hybridized carbons (Fsp3) is 0.818. The molecule has 0 aromatic heterocycles. The molecule has 0 aliphatic heterocycles. The standard InChI is InChI=1S/C22H42O2/c1-4-7-8-9-10-11-12-13-14-15-16-17-18-19-20-21-22(23-5-2)24-6-3/h5-6,22H,2-4,7-21H2,1H3. The minimum absolute atomic E-state index is 0.207. The molecule has 0 radical (unpaired) electrons. The minimum atomic E-state index is -0.207. The molecule has 0 aromatic rings. The van der Waals surface area contributed by atoms with Crippen LogP contribution in [0.15, 0.2) is 25.7 Å². The summed E-state index contributed by atoms with van der Waals surface area (Å²) >= 11 is 0. The van der Waals surface area contributed by atoms with E-state index >= 15 is 0 Å². The maximum Gasteiger partial charge on any atom is 0.239 e. The molecular weight excluding hydrogens is 296 g/mol. The first-order chi connectivity index (χ1) is 11.8. The van der Waals surface area contributed by atoms with Crippen LogP contribution in [-0.4, -0.2) is 6.29 Å². The fourth-order valence-electron chi connectivity index (χ4n) is 3.07. The molecule has 0 heterocycles. The van der Waals surface area contributed by atoms with Gasteiger partial charge in [-0.2, -0.15) is 0 Å². The smallest absolute Gasteiger partial charge is 0.239 e. The first kappa shape index (κ1) is 23.1. The van der Waals surface area contributed by atoms with Crippen molar-refractivity contribution in [3.63, 3.8) is 0 Å². The van der Waals surface area contributed by atoms with Gasteiger partial charge in [0.25, 0.3) is 0 Å². The average molecular weight is 339 g/mol. The molecule has 0 spiro atoms. The zero-order valence-electron chi connectivity index (χ0n) is 16.3. The highest BCUT2D eigenvalue weighted by Gasteiger charge is 2.06. The second-order valence-electron chi connectivity index (χ2n) is 6.77. The molecule has 2 heteroatoms. The Balaban J connectivity index is 3.16. The van der Waals surface area contributed by atoms with Crippen LogP contribution >= 0.6 is 0 Å². The third kappa shape index (κ3) is 17.4. The van der Waals surface area contributed by atoms with Crippen LogP contribution in [-0.2, 0) is 9.47 Å². The van der Waals surface area contributed by atoms with Gasteiger partial charge in [-0.1, -0.05) is 110 Å². The van der Waals surface area contributed by atoms with Crippen LogP contribution < -0.4 is 0 Å². The van der Waals surface area contributed by atoms with E-state index < -0.39 is 0 Å². The second-order valence-corrected chi connectivity index (χ2v) is 6.77. The molecule has 0 aliphatic rings. The summed E-state index contributed by atoms with van der Waals surface area (Å²) in [6.07, 6.45) is 24.4. The number of ether oxygens (including phenoxy) is 2. The third-order valence-electron chi connectivity index (χ3n) is 4.54. The Morgan fingerprint density at radius 3 is 1.25 bits per heavy atom. The monoisotopic (exact) mass is 338 g/mol. The lowest BCUT2D eigenvalue weighted by Gasteiger charge is -2.15. The van der Waals surface area contributed by atoms with Crippen LogP contribution in [0.1, 0.15) is 110 Å². The van der Waals surface area contributed by atoms with E-state index in [1.54, 1.807) is 0 Å². The van der Waals surface area contributed by atoms with E-state index in [2.05, 4.69) is 20.1 Å². The van der Waals surface area contributed by atoms with Gasteiger partial charge >= 0.3 is 0 Å². The Morgan fingerprint density at radius 2 is 0.917 bits per heavy atom. The molecule has 0 fully saturated rings. The summed E-state index contributed by atoms with van der Waals surface area (Å²) in [6.45, 7) is 9.42. The zero-order valence-corrected chi connectivity index (χ0v) is 16.3. The summed E-state index contributed by atoms with van der Waals surface area (Å²) in [6, 6.07) is 0. The van der Waals surface area contributed by atoms with Crippen LogP contribution in [0.3, 0.4) is 0 Å². The first-order valence-corrected chi connectivity index (χ1v) is 10.4. The Morgan fingerprint density at radius 1 is 0.583 bits per heavy atom. The van der Waals surface area contributed by atoms with E-state index in [-0.39, 0.29) is 6.29 Å². The lowest BCUT2D eigenvalue weighted by atomic mass is 10.0. The van der Waals surface area contributed by atoms with Crippen LogP contribution in [0.4, 0.5) is 0 Å². The summed E-state index contributed by atoms with van der Waals surface area (Å²) in [5.74, 6) is 0. The number of unbranched alkanes of at least 4 members (excludes halogenated alkanes) is 14. The van der Waals surface area contributed by atoms with E-state index in [4.69, 9.17) is 9.47 Å². The van der Waals surface area contributed by atoms with Crippen LogP contribution in [0.2, 0.25) is 0 Å². The average Bonchev–Trinajstić information content (AvgIpc) is 2.58. The first-order valence-electron chi connectivity index (χ1n) is 10.4. The molecule has 2 nitrogen and oxygen atoms in total. The van der Waals surface area contributed by atoms with Gasteiger partial charge in [0, 0.05) is 6.42 Å². The van der Waals surface area contributed by atoms with Crippen molar-refractivity contribution < 1.29 is 9.47 Å². The molecule has 24 heavy (non-hydrogen) atoms. The third-order valence-corrected chi connectivity index (χ3v) is 4.54. The summed E-state index contributed by atoms with van der Waals surface area (Å²) in [4.78, 5) is 0. The van der Waals surface area contributed by atoms with E-state index in [1.165, 1.54) is 102 Å². The molecule has 0 bridgehead atoms. The molecule has 0 unspecified atom stereocenters. The van der Waals surface area contributed by atoms with Gasteiger partial charge < -0.3 is 9.47 Å². The number of hydrogen-bond donors (Lipinski definition) is 0. The number of rotatable bonds is 20. The number of hydrogen-bond acceptors (Lipinski definition) is 2. The molecule has 0 aliphatic carbocycles. The van der Waals surface area contributed by atoms with Gasteiger partial charge in [-0.15, -0.1) is 0 Å². The van der Waals surface area contributed by atoms with E-state index in [1.807, 2.05) is 0 Å². The van der Waals surface area contributed by atoms with Gasteiger partial charge in [0.05, 0.1) is 12.5 Å². The molecule has 142 valence electrons. The van der Waals surface area contributed by atoms with Gasteiger partial charge in [0.1, 0.15) is 0 Å². The normalized spacial score (nSPS) is 10.8. The van der Waals surface area contributed by atoms with E-state index in [0.29, 0.717) is 0 Å². The van der Waals surface area contributed by atoms with Crippen molar-refractivity contribution in [1.29, 1.82) is 0 Å². The van der Waals surface area contributed by atoms with Gasteiger partial charge in [-0.25, -0.2) is 0 Å². The molecule has 0 aromatic carbocycles. The highest BCUT2D eigenvalue weighted by atomic mass is 16.7. The SMILES string of the molecule is C=COC(CCCCCCCCCCCCCCCCC)OC=C. The quantitative estimate of drug-likeness (QED) is 0.128. The van der Waals surface area contributed by atoms with E-state index in [9.17, 15) is 0 Å². The predicted molar refractivity (Wildman–Crippen MR) is 106 cm³/mol. The zero-order chi connectivity index (χ0) is 17.7. The predicted octanol–water partition coefficient (Wildman–Crippen LogP) is 7.89. The lowest BCUT2D eigenvalue weighted by molar-refractivity contribution is -0.0664. The van der Waals surface area contributed by atoms with Crippen molar-refractivity contribution in [1.82, 2.24) is 0 Å². The van der Waals surface area contributed by atoms with Crippen molar-refractivity contribution in [3.05, 3.63) is 25.7 Å². The van der Waals surface area contributed by atoms with E-state index in [0.717, 1.165) is 12.8 Å². The second kappa shape index (κ2) is 20.1. The summed E-state index contributed by atoms with van der Waals surface area (Å²) < 4.78 is 10.5. The molecule has 0 amide bonds. The maximum atomic E-state index is 5.27. The molecule has 0 N–H and O–H groups in total. The van der Waals surface area contributed by atoms with Crippen LogP contribution in [0, 0.1) is 0 Å². The Hall–Kier alpha value is -0.920. The highest BCUT2D eigenvalue weighted by molar-refractivity contribution is 4.59. The molecule has 0 saturated heterocycles. The topological polar surface area (TPSA) is 18.5 Å². The molecule has 0 rings (SSSR count).